The predicted octanol–water partition coefficient (Wildman–Crippen LogP) is 4.62. The van der Waals surface area contributed by atoms with Gasteiger partial charge in [0.15, 0.2) is 0 Å². The van der Waals surface area contributed by atoms with Gasteiger partial charge in [0, 0.05) is 18.2 Å². The van der Waals surface area contributed by atoms with Crippen molar-refractivity contribution < 1.29 is 24.1 Å². The molecule has 1 aromatic carbocycles. The van der Waals surface area contributed by atoms with Gasteiger partial charge in [-0.25, -0.2) is 9.18 Å². The maximum Gasteiger partial charge on any atom is 0.341 e. The van der Waals surface area contributed by atoms with Gasteiger partial charge in [0.25, 0.3) is 0 Å². The van der Waals surface area contributed by atoms with Crippen LogP contribution in [0.15, 0.2) is 47.9 Å². The number of carboxylic acids is 1. The Morgan fingerprint density at radius 1 is 1.35 bits per heavy atom. The largest absolute Gasteiger partial charge is 0.477 e. The van der Waals surface area contributed by atoms with Crippen LogP contribution in [-0.4, -0.2) is 38.9 Å². The van der Waals surface area contributed by atoms with Crippen LogP contribution < -0.4 is 10.2 Å². The van der Waals surface area contributed by atoms with Gasteiger partial charge in [-0.15, -0.1) is 0 Å². The Bertz CT molecular complexity index is 1310. The molecular weight excluding hydrogens is 463 g/mol. The molecule has 3 aromatic rings. The predicted molar refractivity (Wildman–Crippen MR) is 128 cm³/mol. The first-order valence-electron chi connectivity index (χ1n) is 10.6. The highest BCUT2D eigenvalue weighted by atomic mass is 35.5. The molecule has 0 aliphatic heterocycles. The molecule has 2 N–H and O–H groups in total. The van der Waals surface area contributed by atoms with Crippen LogP contribution in [0.5, 0.6) is 5.88 Å². The Morgan fingerprint density at radius 2 is 2.06 bits per heavy atom. The van der Waals surface area contributed by atoms with Crippen LogP contribution in [0.3, 0.4) is 0 Å². The summed E-state index contributed by atoms with van der Waals surface area (Å²) in [7, 11) is 0. The number of aliphatic hydroxyl groups is 1. The minimum Gasteiger partial charge on any atom is -0.477 e. The molecule has 2 heterocycles. The summed E-state index contributed by atoms with van der Waals surface area (Å²) in [6, 6.07) is 5.45. The van der Waals surface area contributed by atoms with Crippen molar-refractivity contribution >= 4 is 28.6 Å². The number of nitrogens with zero attached hydrogens (tertiary/aromatic N) is 2. The second-order valence-electron chi connectivity index (χ2n) is 8.96. The number of carboxylic acid groups (broad SMARTS) is 1. The molecule has 0 radical (unpaired) electrons. The number of fused-ring (bicyclic) bond motifs is 1. The zero-order valence-electron chi connectivity index (χ0n) is 19.1. The lowest BCUT2D eigenvalue weighted by molar-refractivity contribution is 0.0692. The summed E-state index contributed by atoms with van der Waals surface area (Å²) in [6.45, 7) is 9.05. The highest BCUT2D eigenvalue weighted by Crippen LogP contribution is 2.34. The molecule has 2 aromatic heterocycles. The summed E-state index contributed by atoms with van der Waals surface area (Å²) >= 11 is 5.92. The molecule has 0 aliphatic rings. The number of aromatic nitrogens is 2. The molecule has 9 heteroatoms. The zero-order valence-corrected chi connectivity index (χ0v) is 19.9. The van der Waals surface area contributed by atoms with E-state index in [-0.39, 0.29) is 47.1 Å². The van der Waals surface area contributed by atoms with Gasteiger partial charge in [-0.3, -0.25) is 4.79 Å². The minimum atomic E-state index is -1.40. The van der Waals surface area contributed by atoms with E-state index in [0.717, 1.165) is 0 Å². The highest BCUT2D eigenvalue weighted by Gasteiger charge is 2.29. The van der Waals surface area contributed by atoms with E-state index < -0.39 is 34.2 Å². The van der Waals surface area contributed by atoms with E-state index in [1.165, 1.54) is 29.0 Å². The number of pyridine rings is 2. The SMILES string of the molecule is C=CCOc1nc2c(cc1Cc1cccc(Cl)c1F)c(=O)c(C(=O)O)cn2C(CO)C(C)(C)C. The second-order valence-corrected chi connectivity index (χ2v) is 9.37. The first-order valence-corrected chi connectivity index (χ1v) is 11.0. The number of benzene rings is 1. The maximum atomic E-state index is 14.6. The molecule has 7 nitrogen and oxygen atoms in total. The first kappa shape index (κ1) is 25.4. The smallest absolute Gasteiger partial charge is 0.341 e. The van der Waals surface area contributed by atoms with E-state index in [1.54, 1.807) is 12.1 Å². The van der Waals surface area contributed by atoms with Gasteiger partial charge in [-0.1, -0.05) is 57.2 Å². The van der Waals surface area contributed by atoms with Crippen LogP contribution in [0, 0.1) is 11.2 Å². The highest BCUT2D eigenvalue weighted by molar-refractivity contribution is 6.30. The number of hydrogen-bond acceptors (Lipinski definition) is 5. The third-order valence-corrected chi connectivity index (χ3v) is 5.82. The van der Waals surface area contributed by atoms with Crippen LogP contribution in [0.2, 0.25) is 5.02 Å². The molecule has 0 amide bonds. The molecule has 180 valence electrons. The van der Waals surface area contributed by atoms with Crippen molar-refractivity contribution in [3.63, 3.8) is 0 Å². The monoisotopic (exact) mass is 488 g/mol. The molecular formula is C25H26ClFN2O5. The topological polar surface area (TPSA) is 102 Å². The Morgan fingerprint density at radius 3 is 2.65 bits per heavy atom. The summed E-state index contributed by atoms with van der Waals surface area (Å²) in [4.78, 5) is 29.5. The number of aromatic carboxylic acids is 1. The van der Waals surface area contributed by atoms with Crippen molar-refractivity contribution in [1.82, 2.24) is 9.55 Å². The van der Waals surface area contributed by atoms with Crippen molar-refractivity contribution in [3.05, 3.63) is 80.9 Å². The van der Waals surface area contributed by atoms with Crippen molar-refractivity contribution in [2.75, 3.05) is 13.2 Å². The number of rotatable bonds is 8. The van der Waals surface area contributed by atoms with Crippen molar-refractivity contribution in [3.8, 4) is 5.88 Å². The van der Waals surface area contributed by atoms with E-state index in [2.05, 4.69) is 11.6 Å². The maximum absolute atomic E-state index is 14.6. The van der Waals surface area contributed by atoms with E-state index in [9.17, 15) is 24.2 Å². The van der Waals surface area contributed by atoms with Crippen molar-refractivity contribution in [2.45, 2.75) is 33.2 Å². The van der Waals surface area contributed by atoms with Gasteiger partial charge in [0.2, 0.25) is 11.3 Å². The van der Waals surface area contributed by atoms with E-state index >= 15 is 0 Å². The molecule has 0 bridgehead atoms. The molecule has 1 unspecified atom stereocenters. The Hall–Kier alpha value is -3.23. The summed E-state index contributed by atoms with van der Waals surface area (Å²) < 4.78 is 21.8. The van der Waals surface area contributed by atoms with Crippen molar-refractivity contribution in [2.24, 2.45) is 5.41 Å². The fourth-order valence-electron chi connectivity index (χ4n) is 3.75. The number of aliphatic hydroxyl groups excluding tert-OH is 1. The second kappa shape index (κ2) is 9.95. The van der Waals surface area contributed by atoms with E-state index in [1.807, 2.05) is 20.8 Å². The van der Waals surface area contributed by atoms with Gasteiger partial charge in [-0.05, 0) is 23.1 Å². The lowest BCUT2D eigenvalue weighted by atomic mass is 9.86. The normalized spacial score (nSPS) is 12.5. The fraction of sp³-hybridized carbons (Fsp3) is 0.320. The quantitative estimate of drug-likeness (QED) is 0.448. The summed E-state index contributed by atoms with van der Waals surface area (Å²) in [5.41, 5.74) is -0.915. The van der Waals surface area contributed by atoms with E-state index in [4.69, 9.17) is 16.3 Å². The molecule has 0 saturated heterocycles. The molecule has 0 saturated carbocycles. The molecule has 3 rings (SSSR count). The average Bonchev–Trinajstić information content (AvgIpc) is 2.76. The lowest BCUT2D eigenvalue weighted by Gasteiger charge is -2.32. The van der Waals surface area contributed by atoms with Crippen LogP contribution in [0.25, 0.3) is 11.0 Å². The van der Waals surface area contributed by atoms with Crippen molar-refractivity contribution in [1.29, 1.82) is 0 Å². The summed E-state index contributed by atoms with van der Waals surface area (Å²) in [5.74, 6) is -1.88. The first-order chi connectivity index (χ1) is 16.0. The van der Waals surface area contributed by atoms with Gasteiger partial charge in [0.1, 0.15) is 23.6 Å². The van der Waals surface area contributed by atoms with E-state index in [0.29, 0.717) is 5.56 Å². The summed E-state index contributed by atoms with van der Waals surface area (Å²) in [5, 5.41) is 19.7. The third-order valence-electron chi connectivity index (χ3n) is 5.53. The van der Waals surface area contributed by atoms with Gasteiger partial charge < -0.3 is 19.5 Å². The lowest BCUT2D eigenvalue weighted by Crippen LogP contribution is -2.31. The van der Waals surface area contributed by atoms with Gasteiger partial charge in [0.05, 0.1) is 23.1 Å². The van der Waals surface area contributed by atoms with Crippen LogP contribution in [-0.2, 0) is 6.42 Å². The minimum absolute atomic E-state index is 0.00124. The zero-order chi connectivity index (χ0) is 25.2. The van der Waals surface area contributed by atoms with Gasteiger partial charge in [-0.2, -0.15) is 4.98 Å². The van der Waals surface area contributed by atoms with Crippen LogP contribution >= 0.6 is 11.6 Å². The standard InChI is InChI=1S/C25H26ClFN2O5/c1-5-9-34-23-15(10-14-7-6-8-18(26)20(14)27)11-16-21(31)17(24(32)33)12-29(22(16)28-23)19(13-30)25(2,3)4/h5-8,11-12,19,30H,1,9-10,13H2,2-4H3,(H,32,33). The molecule has 0 aliphatic carbocycles. The molecule has 1 atom stereocenters. The number of carbonyl (C=O) groups is 1. The van der Waals surface area contributed by atoms with Crippen LogP contribution in [0.1, 0.15) is 48.3 Å². The Labute approximate surface area is 201 Å². The average molecular weight is 489 g/mol. The molecule has 0 spiro atoms. The van der Waals surface area contributed by atoms with Crippen LogP contribution in [0.4, 0.5) is 4.39 Å². The van der Waals surface area contributed by atoms with Gasteiger partial charge >= 0.3 is 5.97 Å². The fourth-order valence-corrected chi connectivity index (χ4v) is 3.94. The molecule has 34 heavy (non-hydrogen) atoms. The summed E-state index contributed by atoms with van der Waals surface area (Å²) in [6.07, 6.45) is 2.71. The number of ether oxygens (including phenoxy) is 1. The number of halogens is 2. The Kier molecular flexibility index (Phi) is 7.43. The molecule has 0 fully saturated rings. The third kappa shape index (κ3) is 4.98. The number of hydrogen-bond donors (Lipinski definition) is 2. The Balaban J connectivity index is 2.37.